The van der Waals surface area contributed by atoms with Gasteiger partial charge in [0.15, 0.2) is 0 Å². The normalized spacial score (nSPS) is 28.4. The predicted molar refractivity (Wildman–Crippen MR) is 81.8 cm³/mol. The molecule has 0 aliphatic carbocycles. The average molecular weight is 274 g/mol. The van der Waals surface area contributed by atoms with Crippen LogP contribution in [0.25, 0.3) is 0 Å². The summed E-state index contributed by atoms with van der Waals surface area (Å²) in [5, 5.41) is 3.70. The number of ether oxygens (including phenoxy) is 1. The van der Waals surface area contributed by atoms with Gasteiger partial charge < -0.3 is 10.1 Å². The highest BCUT2D eigenvalue weighted by Gasteiger charge is 2.37. The van der Waals surface area contributed by atoms with E-state index >= 15 is 0 Å². The third-order valence-corrected chi connectivity index (χ3v) is 4.60. The van der Waals surface area contributed by atoms with Crippen LogP contribution in [0.5, 0.6) is 0 Å². The van der Waals surface area contributed by atoms with E-state index in [1.165, 1.54) is 18.4 Å². The molecule has 0 aromatic heterocycles. The summed E-state index contributed by atoms with van der Waals surface area (Å²) in [7, 11) is 0. The van der Waals surface area contributed by atoms with Crippen LogP contribution in [-0.2, 0) is 4.74 Å². The van der Waals surface area contributed by atoms with E-state index in [0.29, 0.717) is 12.1 Å². The van der Waals surface area contributed by atoms with Crippen molar-refractivity contribution < 1.29 is 4.74 Å². The molecule has 3 nitrogen and oxygen atoms in total. The molecule has 0 amide bonds. The highest BCUT2D eigenvalue weighted by Crippen LogP contribution is 2.31. The van der Waals surface area contributed by atoms with Gasteiger partial charge in [-0.3, -0.25) is 4.90 Å². The van der Waals surface area contributed by atoms with E-state index in [2.05, 4.69) is 54.4 Å². The van der Waals surface area contributed by atoms with Crippen molar-refractivity contribution in [1.82, 2.24) is 10.2 Å². The Morgan fingerprint density at radius 1 is 1.15 bits per heavy atom. The van der Waals surface area contributed by atoms with Gasteiger partial charge in [-0.1, -0.05) is 30.3 Å². The number of rotatable bonds is 2. The van der Waals surface area contributed by atoms with E-state index in [1.807, 2.05) is 0 Å². The van der Waals surface area contributed by atoms with Gasteiger partial charge >= 0.3 is 0 Å². The summed E-state index contributed by atoms with van der Waals surface area (Å²) in [4.78, 5) is 2.72. The summed E-state index contributed by atoms with van der Waals surface area (Å²) in [6.45, 7) is 8.58. The molecule has 3 heteroatoms. The number of piperazine rings is 1. The maximum atomic E-state index is 5.54. The summed E-state index contributed by atoms with van der Waals surface area (Å²) in [5.41, 5.74) is 1.63. The van der Waals surface area contributed by atoms with E-state index in [0.717, 1.165) is 26.3 Å². The molecule has 2 heterocycles. The minimum atomic E-state index is 0.198. The highest BCUT2D eigenvalue weighted by atomic mass is 16.5. The molecule has 0 spiro atoms. The molecule has 1 atom stereocenters. The maximum Gasteiger partial charge on any atom is 0.0480 e. The molecule has 2 aliphatic heterocycles. The lowest BCUT2D eigenvalue weighted by Crippen LogP contribution is -2.61. The molecule has 1 N–H and O–H groups in total. The fourth-order valence-electron chi connectivity index (χ4n) is 3.50. The van der Waals surface area contributed by atoms with Crippen LogP contribution in [0.3, 0.4) is 0 Å². The Bertz CT molecular complexity index is 426. The Balaban J connectivity index is 1.83. The molecule has 3 rings (SSSR count). The predicted octanol–water partition coefficient (Wildman–Crippen LogP) is 2.59. The molecule has 1 aromatic rings. The summed E-state index contributed by atoms with van der Waals surface area (Å²) in [6.07, 6.45) is 2.33. The van der Waals surface area contributed by atoms with Crippen molar-refractivity contribution >= 4 is 0 Å². The molecule has 2 saturated heterocycles. The van der Waals surface area contributed by atoms with Crippen molar-refractivity contribution in [3.63, 3.8) is 0 Å². The molecule has 0 saturated carbocycles. The van der Waals surface area contributed by atoms with Crippen LogP contribution in [0.1, 0.15) is 38.3 Å². The van der Waals surface area contributed by atoms with Crippen LogP contribution in [0.15, 0.2) is 30.3 Å². The van der Waals surface area contributed by atoms with Crippen LogP contribution in [0.2, 0.25) is 0 Å². The summed E-state index contributed by atoms with van der Waals surface area (Å²) in [5.74, 6) is 0. The Hall–Kier alpha value is -0.900. The van der Waals surface area contributed by atoms with Crippen molar-refractivity contribution in [3.05, 3.63) is 35.9 Å². The van der Waals surface area contributed by atoms with Gasteiger partial charge in [0.05, 0.1) is 0 Å². The zero-order valence-electron chi connectivity index (χ0n) is 12.6. The zero-order valence-corrected chi connectivity index (χ0v) is 12.6. The van der Waals surface area contributed by atoms with E-state index in [1.54, 1.807) is 0 Å². The Morgan fingerprint density at radius 3 is 2.55 bits per heavy atom. The molecular weight excluding hydrogens is 248 g/mol. The van der Waals surface area contributed by atoms with Crippen molar-refractivity contribution in [1.29, 1.82) is 0 Å². The summed E-state index contributed by atoms with van der Waals surface area (Å²) < 4.78 is 5.54. The number of nitrogens with zero attached hydrogens (tertiary/aromatic N) is 1. The van der Waals surface area contributed by atoms with Gasteiger partial charge in [0.1, 0.15) is 0 Å². The molecule has 0 bridgehead atoms. The van der Waals surface area contributed by atoms with Gasteiger partial charge in [0, 0.05) is 43.9 Å². The lowest BCUT2D eigenvalue weighted by atomic mass is 9.91. The number of hydrogen-bond acceptors (Lipinski definition) is 3. The lowest BCUT2D eigenvalue weighted by Gasteiger charge is -2.49. The second-order valence-electron chi connectivity index (χ2n) is 6.71. The van der Waals surface area contributed by atoms with Crippen molar-refractivity contribution in [2.75, 3.05) is 26.3 Å². The first kappa shape index (κ1) is 14.1. The van der Waals surface area contributed by atoms with Gasteiger partial charge in [-0.2, -0.15) is 0 Å². The minimum Gasteiger partial charge on any atom is -0.381 e. The molecule has 110 valence electrons. The largest absolute Gasteiger partial charge is 0.381 e. The lowest BCUT2D eigenvalue weighted by molar-refractivity contribution is -0.0115. The van der Waals surface area contributed by atoms with E-state index in [-0.39, 0.29) is 5.54 Å². The molecule has 2 aliphatic rings. The third-order valence-electron chi connectivity index (χ3n) is 4.60. The zero-order chi connectivity index (χ0) is 14.0. The van der Waals surface area contributed by atoms with Crippen LogP contribution in [-0.4, -0.2) is 42.8 Å². The smallest absolute Gasteiger partial charge is 0.0480 e. The van der Waals surface area contributed by atoms with Crippen LogP contribution >= 0.6 is 0 Å². The summed E-state index contributed by atoms with van der Waals surface area (Å²) in [6, 6.07) is 12.1. The molecule has 1 aromatic carbocycles. The third kappa shape index (κ3) is 3.05. The first-order valence-corrected chi connectivity index (χ1v) is 7.79. The second kappa shape index (κ2) is 5.84. The number of nitrogens with one attached hydrogen (secondary N) is 1. The standard InChI is InChI=1S/C17H26N2O/c1-17(2)13-19(15-8-10-20-11-9-15)16(12-18-17)14-6-4-3-5-7-14/h3-7,15-16,18H,8-13H2,1-2H3. The molecular formula is C17H26N2O. The van der Waals surface area contributed by atoms with Crippen LogP contribution in [0, 0.1) is 0 Å². The molecule has 1 unspecified atom stereocenters. The first-order valence-electron chi connectivity index (χ1n) is 7.79. The van der Waals surface area contributed by atoms with Gasteiger partial charge in [-0.25, -0.2) is 0 Å². The topological polar surface area (TPSA) is 24.5 Å². The summed E-state index contributed by atoms with van der Waals surface area (Å²) >= 11 is 0. The monoisotopic (exact) mass is 274 g/mol. The van der Waals surface area contributed by atoms with E-state index in [4.69, 9.17) is 4.74 Å². The van der Waals surface area contributed by atoms with Crippen molar-refractivity contribution in [3.8, 4) is 0 Å². The number of hydrogen-bond donors (Lipinski definition) is 1. The SMILES string of the molecule is CC1(C)CN(C2CCOCC2)C(c2ccccc2)CN1. The number of benzene rings is 1. The first-order chi connectivity index (χ1) is 9.66. The fraction of sp³-hybridized carbons (Fsp3) is 0.647. The van der Waals surface area contributed by atoms with E-state index in [9.17, 15) is 0 Å². The average Bonchev–Trinajstić information content (AvgIpc) is 2.48. The van der Waals surface area contributed by atoms with Gasteiger partial charge in [0.2, 0.25) is 0 Å². The molecule has 2 fully saturated rings. The molecule has 20 heavy (non-hydrogen) atoms. The Labute approximate surface area is 122 Å². The Kier molecular flexibility index (Phi) is 4.11. The quantitative estimate of drug-likeness (QED) is 0.897. The van der Waals surface area contributed by atoms with Crippen molar-refractivity contribution in [2.24, 2.45) is 0 Å². The van der Waals surface area contributed by atoms with Gasteiger partial charge in [-0.05, 0) is 32.3 Å². The van der Waals surface area contributed by atoms with E-state index < -0.39 is 0 Å². The van der Waals surface area contributed by atoms with Crippen molar-refractivity contribution in [2.45, 2.75) is 44.3 Å². The Morgan fingerprint density at radius 2 is 1.85 bits per heavy atom. The van der Waals surface area contributed by atoms with Gasteiger partial charge in [0.25, 0.3) is 0 Å². The van der Waals surface area contributed by atoms with Gasteiger partial charge in [-0.15, -0.1) is 0 Å². The maximum absolute atomic E-state index is 5.54. The minimum absolute atomic E-state index is 0.198. The fourth-order valence-corrected chi connectivity index (χ4v) is 3.50. The highest BCUT2D eigenvalue weighted by molar-refractivity contribution is 5.21. The van der Waals surface area contributed by atoms with Crippen LogP contribution < -0.4 is 5.32 Å². The van der Waals surface area contributed by atoms with Crippen LogP contribution in [0.4, 0.5) is 0 Å². The molecule has 0 radical (unpaired) electrons. The second-order valence-corrected chi connectivity index (χ2v) is 6.71.